The molecule has 0 aromatic heterocycles. The molecule has 1 unspecified atom stereocenters. The summed E-state index contributed by atoms with van der Waals surface area (Å²) in [5.74, 6) is -0.324. The molecular weight excluding hydrogens is 184 g/mol. The van der Waals surface area contributed by atoms with Crippen LogP contribution in [0.1, 0.15) is 0 Å². The van der Waals surface area contributed by atoms with Crippen LogP contribution < -0.4 is 15.8 Å². The van der Waals surface area contributed by atoms with Gasteiger partial charge in [0.1, 0.15) is 12.4 Å². The molecule has 0 fully saturated rings. The van der Waals surface area contributed by atoms with E-state index >= 15 is 0 Å². The Morgan fingerprint density at radius 3 is 3.14 bits per heavy atom. The SMILES string of the molecule is Nc1ccc2c(c1)OCC(C(=O)O)N2. The zero-order valence-electron chi connectivity index (χ0n) is 7.36. The Kier molecular flexibility index (Phi) is 1.92. The molecule has 0 saturated heterocycles. The Morgan fingerprint density at radius 2 is 2.43 bits per heavy atom. The molecule has 74 valence electrons. The van der Waals surface area contributed by atoms with E-state index in [9.17, 15) is 4.79 Å². The van der Waals surface area contributed by atoms with Crippen molar-refractivity contribution in [2.75, 3.05) is 17.7 Å². The smallest absolute Gasteiger partial charge is 0.329 e. The summed E-state index contributed by atoms with van der Waals surface area (Å²) in [6.07, 6.45) is 0. The first kappa shape index (κ1) is 8.68. The molecule has 1 aromatic carbocycles. The van der Waals surface area contributed by atoms with Crippen molar-refractivity contribution < 1.29 is 14.6 Å². The quantitative estimate of drug-likeness (QED) is 0.568. The van der Waals surface area contributed by atoms with Gasteiger partial charge >= 0.3 is 5.97 Å². The van der Waals surface area contributed by atoms with Crippen molar-refractivity contribution in [3.8, 4) is 5.75 Å². The van der Waals surface area contributed by atoms with E-state index in [2.05, 4.69) is 5.32 Å². The number of anilines is 2. The van der Waals surface area contributed by atoms with Gasteiger partial charge in [0.15, 0.2) is 6.04 Å². The minimum Gasteiger partial charge on any atom is -0.489 e. The minimum absolute atomic E-state index is 0.117. The topological polar surface area (TPSA) is 84.6 Å². The van der Waals surface area contributed by atoms with E-state index in [-0.39, 0.29) is 6.61 Å². The summed E-state index contributed by atoms with van der Waals surface area (Å²) in [4.78, 5) is 10.7. The molecule has 0 bridgehead atoms. The largest absolute Gasteiger partial charge is 0.489 e. The van der Waals surface area contributed by atoms with Crippen LogP contribution >= 0.6 is 0 Å². The summed E-state index contributed by atoms with van der Waals surface area (Å²) < 4.78 is 5.25. The molecule has 5 heteroatoms. The molecule has 0 aliphatic carbocycles. The van der Waals surface area contributed by atoms with Crippen LogP contribution in [0.4, 0.5) is 11.4 Å². The highest BCUT2D eigenvalue weighted by atomic mass is 16.5. The van der Waals surface area contributed by atoms with Crippen molar-refractivity contribution in [1.29, 1.82) is 0 Å². The average Bonchev–Trinajstić information content (AvgIpc) is 2.16. The van der Waals surface area contributed by atoms with Crippen LogP contribution in [0.2, 0.25) is 0 Å². The molecule has 0 spiro atoms. The number of nitrogens with one attached hydrogen (secondary N) is 1. The summed E-state index contributed by atoms with van der Waals surface area (Å²) in [6.45, 7) is 0.117. The molecule has 5 nitrogen and oxygen atoms in total. The fourth-order valence-electron chi connectivity index (χ4n) is 1.31. The summed E-state index contributed by atoms with van der Waals surface area (Å²) in [7, 11) is 0. The standard InChI is InChI=1S/C9H10N2O3/c10-5-1-2-6-8(3-5)14-4-7(11-6)9(12)13/h1-3,7,11H,4,10H2,(H,12,13). The Hall–Kier alpha value is -1.91. The number of carboxylic acids is 1. The van der Waals surface area contributed by atoms with E-state index in [1.54, 1.807) is 18.2 Å². The van der Waals surface area contributed by atoms with Gasteiger partial charge in [0, 0.05) is 11.8 Å². The van der Waals surface area contributed by atoms with Crippen molar-refractivity contribution in [2.45, 2.75) is 6.04 Å². The highest BCUT2D eigenvalue weighted by Crippen LogP contribution is 2.30. The lowest BCUT2D eigenvalue weighted by molar-refractivity contribution is -0.138. The molecule has 1 atom stereocenters. The number of aliphatic carboxylic acids is 1. The van der Waals surface area contributed by atoms with Crippen molar-refractivity contribution in [3.05, 3.63) is 18.2 Å². The lowest BCUT2D eigenvalue weighted by Crippen LogP contribution is -2.38. The molecular formula is C9H10N2O3. The second-order valence-corrected chi connectivity index (χ2v) is 3.10. The molecule has 1 aliphatic heterocycles. The van der Waals surface area contributed by atoms with Crippen LogP contribution in [0.5, 0.6) is 5.75 Å². The molecule has 4 N–H and O–H groups in total. The number of carbonyl (C=O) groups is 1. The second-order valence-electron chi connectivity index (χ2n) is 3.10. The van der Waals surface area contributed by atoms with Gasteiger partial charge in [-0.1, -0.05) is 0 Å². The highest BCUT2D eigenvalue weighted by Gasteiger charge is 2.24. The number of carboxylic acid groups (broad SMARTS) is 1. The first-order valence-electron chi connectivity index (χ1n) is 4.18. The molecule has 0 saturated carbocycles. The maximum atomic E-state index is 10.7. The van der Waals surface area contributed by atoms with Gasteiger partial charge in [-0.05, 0) is 12.1 Å². The van der Waals surface area contributed by atoms with Crippen molar-refractivity contribution in [1.82, 2.24) is 0 Å². The third-order valence-electron chi connectivity index (χ3n) is 2.04. The minimum atomic E-state index is -0.924. The van der Waals surface area contributed by atoms with Gasteiger partial charge in [0.2, 0.25) is 0 Å². The van der Waals surface area contributed by atoms with E-state index in [0.29, 0.717) is 17.1 Å². The number of nitrogen functional groups attached to an aromatic ring is 1. The van der Waals surface area contributed by atoms with E-state index in [1.165, 1.54) is 0 Å². The summed E-state index contributed by atoms with van der Waals surface area (Å²) in [5, 5.41) is 11.6. The van der Waals surface area contributed by atoms with Crippen molar-refractivity contribution >= 4 is 17.3 Å². The molecule has 1 heterocycles. The van der Waals surface area contributed by atoms with Gasteiger partial charge in [0.05, 0.1) is 5.69 Å². The van der Waals surface area contributed by atoms with Gasteiger partial charge in [-0.3, -0.25) is 0 Å². The van der Waals surface area contributed by atoms with Crippen LogP contribution in [0.15, 0.2) is 18.2 Å². The number of nitrogens with two attached hydrogens (primary N) is 1. The van der Waals surface area contributed by atoms with E-state index in [0.717, 1.165) is 0 Å². The second kappa shape index (κ2) is 3.10. The van der Waals surface area contributed by atoms with Gasteiger partial charge in [0.25, 0.3) is 0 Å². The summed E-state index contributed by atoms with van der Waals surface area (Å²) in [5.41, 5.74) is 6.81. The van der Waals surface area contributed by atoms with Crippen LogP contribution in [-0.4, -0.2) is 23.7 Å². The molecule has 0 radical (unpaired) electrons. The number of hydrogen-bond donors (Lipinski definition) is 3. The molecule has 0 amide bonds. The monoisotopic (exact) mass is 194 g/mol. The Morgan fingerprint density at radius 1 is 1.64 bits per heavy atom. The summed E-state index contributed by atoms with van der Waals surface area (Å²) >= 11 is 0. The highest BCUT2D eigenvalue weighted by molar-refractivity contribution is 5.80. The van der Waals surface area contributed by atoms with E-state index in [1.807, 2.05) is 0 Å². The number of hydrogen-bond acceptors (Lipinski definition) is 4. The molecule has 1 aromatic rings. The van der Waals surface area contributed by atoms with Crippen molar-refractivity contribution in [3.63, 3.8) is 0 Å². The predicted molar refractivity (Wildman–Crippen MR) is 51.4 cm³/mol. The Balaban J connectivity index is 2.27. The number of fused-ring (bicyclic) bond motifs is 1. The first-order valence-corrected chi connectivity index (χ1v) is 4.18. The zero-order valence-corrected chi connectivity index (χ0v) is 7.36. The number of benzene rings is 1. The lowest BCUT2D eigenvalue weighted by atomic mass is 10.2. The van der Waals surface area contributed by atoms with E-state index < -0.39 is 12.0 Å². The zero-order chi connectivity index (χ0) is 10.1. The van der Waals surface area contributed by atoms with Crippen LogP contribution in [0, 0.1) is 0 Å². The first-order chi connectivity index (χ1) is 6.66. The van der Waals surface area contributed by atoms with E-state index in [4.69, 9.17) is 15.6 Å². The van der Waals surface area contributed by atoms with Gasteiger partial charge in [-0.25, -0.2) is 4.79 Å². The average molecular weight is 194 g/mol. The maximum Gasteiger partial charge on any atom is 0.329 e. The Bertz CT molecular complexity index is 378. The maximum absolute atomic E-state index is 10.7. The normalized spacial score (nSPS) is 19.0. The lowest BCUT2D eigenvalue weighted by Gasteiger charge is -2.24. The Labute approximate surface area is 80.5 Å². The molecule has 14 heavy (non-hydrogen) atoms. The van der Waals surface area contributed by atoms with Crippen molar-refractivity contribution in [2.24, 2.45) is 0 Å². The predicted octanol–water partition coefficient (Wildman–Crippen LogP) is 0.526. The van der Waals surface area contributed by atoms with Crippen LogP contribution in [0.3, 0.4) is 0 Å². The fourth-order valence-corrected chi connectivity index (χ4v) is 1.31. The fraction of sp³-hybridized carbons (Fsp3) is 0.222. The van der Waals surface area contributed by atoms with Gasteiger partial charge in [-0.2, -0.15) is 0 Å². The van der Waals surface area contributed by atoms with Gasteiger partial charge in [-0.15, -0.1) is 0 Å². The number of rotatable bonds is 1. The molecule has 1 aliphatic rings. The van der Waals surface area contributed by atoms with Crippen LogP contribution in [-0.2, 0) is 4.79 Å². The number of ether oxygens (including phenoxy) is 1. The molecule has 2 rings (SSSR count). The van der Waals surface area contributed by atoms with Gasteiger partial charge < -0.3 is 20.9 Å². The third kappa shape index (κ3) is 1.44. The third-order valence-corrected chi connectivity index (χ3v) is 2.04. The summed E-state index contributed by atoms with van der Waals surface area (Å²) in [6, 6.07) is 4.38. The van der Waals surface area contributed by atoms with Crippen LogP contribution in [0.25, 0.3) is 0 Å².